The zero-order chi connectivity index (χ0) is 58.7. The van der Waals surface area contributed by atoms with Crippen molar-refractivity contribution < 1.29 is 33.9 Å². The fourth-order valence-corrected chi connectivity index (χ4v) is 12.7. The lowest BCUT2D eigenvalue weighted by Gasteiger charge is -2.36. The van der Waals surface area contributed by atoms with E-state index in [0.29, 0.717) is 89.8 Å². The van der Waals surface area contributed by atoms with Crippen molar-refractivity contribution in [3.63, 3.8) is 0 Å². The van der Waals surface area contributed by atoms with E-state index in [0.717, 1.165) is 49.7 Å². The quantitative estimate of drug-likeness (QED) is 0.0982. The highest BCUT2D eigenvalue weighted by atomic mass is 35.5. The van der Waals surface area contributed by atoms with Crippen LogP contribution in [0.15, 0.2) is 60.7 Å². The van der Waals surface area contributed by atoms with Crippen molar-refractivity contribution in [3.05, 3.63) is 71.8 Å². The van der Waals surface area contributed by atoms with Crippen LogP contribution in [0.5, 0.6) is 0 Å². The lowest BCUT2D eigenvalue weighted by Crippen LogP contribution is -2.33. The number of carboxylic acids is 1. The van der Waals surface area contributed by atoms with E-state index in [2.05, 4.69) is 118 Å². The smallest absolute Gasteiger partial charge is 0.306 e. The third kappa shape index (κ3) is 30.3. The van der Waals surface area contributed by atoms with Crippen LogP contribution >= 0.6 is 71.2 Å². The van der Waals surface area contributed by atoms with Gasteiger partial charge in [0.05, 0.1) is 5.92 Å². The lowest BCUT2D eigenvalue weighted by atomic mass is 9.68. The van der Waals surface area contributed by atoms with Crippen molar-refractivity contribution in [2.75, 3.05) is 6.54 Å². The molecule has 4 aliphatic carbocycles. The fourth-order valence-electron chi connectivity index (χ4n) is 12.2. The zero-order valence-electron chi connectivity index (χ0n) is 49.7. The average Bonchev–Trinajstić information content (AvgIpc) is 3.38. The number of Topliss-reactive ketones (excluding diaryl/α,β-unsaturated/α-hetero) is 1. The summed E-state index contributed by atoms with van der Waals surface area (Å²) in [4.78, 5) is 65.1. The number of carbonyl (C=O) groups is 6. The number of hydrogen-bond donors (Lipinski definition) is 4. The average molecular weight is 1230 g/mol. The van der Waals surface area contributed by atoms with Gasteiger partial charge in [-0.15, -0.1) is 24.8 Å². The van der Waals surface area contributed by atoms with Gasteiger partial charge in [0, 0.05) is 42.8 Å². The van der Waals surface area contributed by atoms with Gasteiger partial charge < -0.3 is 22.3 Å². The Bertz CT molecular complexity index is 1920. The molecule has 0 saturated heterocycles. The lowest BCUT2D eigenvalue weighted by molar-refractivity contribution is -0.146. The maximum Gasteiger partial charge on any atom is 0.306 e. The molecule has 4 saturated carbocycles. The van der Waals surface area contributed by atoms with E-state index in [1.807, 2.05) is 48.5 Å². The molecule has 0 aromatic heterocycles. The van der Waals surface area contributed by atoms with Gasteiger partial charge in [0.1, 0.15) is 5.78 Å². The molecule has 4 fully saturated rings. The van der Waals surface area contributed by atoms with Crippen molar-refractivity contribution in [1.82, 2.24) is 0 Å². The SMILES string of the molecule is CC(C)[C@@H]1CC[C@@H](C)C[C@H]1C(=O)CC[C@@H](N)c1ccccc1.CC(C)[C@@H]1CC[C@@H](C)C[C@H]1C(=O)Cl.CC(C)[C@@H]1CC[C@@H](C)C[C@H]1C(=O)Cl.CC(C)[C@@H]1CC[C@@H](C)C[C@H]1C(=O)O.Cl.Cl.NC[C@@H](N)c1ccccc1.O=C(Cl)C(=O)Cl. The minimum atomic E-state index is -1.14. The first-order valence-electron chi connectivity index (χ1n) is 28.9. The normalized spacial score (nSPS) is 27.0. The number of rotatable bonds is 15. The number of ketones is 1. The van der Waals surface area contributed by atoms with E-state index in [-0.39, 0.29) is 71.1 Å². The van der Waals surface area contributed by atoms with Gasteiger partial charge in [0.25, 0.3) is 0 Å². The maximum atomic E-state index is 12.7. The van der Waals surface area contributed by atoms with Crippen molar-refractivity contribution in [3.8, 4) is 0 Å². The van der Waals surface area contributed by atoms with Gasteiger partial charge in [-0.05, 0) is 186 Å². The Morgan fingerprint density at radius 1 is 0.468 bits per heavy atom. The minimum absolute atomic E-state index is 0. The van der Waals surface area contributed by atoms with Crippen molar-refractivity contribution in [1.29, 1.82) is 0 Å². The van der Waals surface area contributed by atoms with Gasteiger partial charge in [-0.2, -0.15) is 0 Å². The Morgan fingerprint density at radius 3 is 1.03 bits per heavy atom. The van der Waals surface area contributed by atoms with Gasteiger partial charge in [0.2, 0.25) is 10.5 Å². The highest BCUT2D eigenvalue weighted by Gasteiger charge is 2.38. The molecule has 454 valence electrons. The van der Waals surface area contributed by atoms with Crippen LogP contribution in [-0.4, -0.2) is 44.4 Å². The number of carbonyl (C=O) groups excluding carboxylic acids is 5. The molecular weight excluding hydrogens is 1120 g/mol. The molecule has 0 spiro atoms. The van der Waals surface area contributed by atoms with Crippen LogP contribution in [0.3, 0.4) is 0 Å². The van der Waals surface area contributed by atoms with Gasteiger partial charge in [-0.3, -0.25) is 28.8 Å². The van der Waals surface area contributed by atoms with Crippen LogP contribution in [0, 0.1) is 94.7 Å². The van der Waals surface area contributed by atoms with E-state index in [9.17, 15) is 28.8 Å². The Labute approximate surface area is 509 Å². The Balaban J connectivity index is 0. The number of nitrogens with two attached hydrogens (primary N) is 3. The summed E-state index contributed by atoms with van der Waals surface area (Å²) in [6.07, 6.45) is 14.9. The van der Waals surface area contributed by atoms with Crippen molar-refractivity contribution >= 4 is 104 Å². The van der Waals surface area contributed by atoms with Gasteiger partial charge in [-0.25, -0.2) is 0 Å². The monoisotopic (exact) mass is 1220 g/mol. The maximum absolute atomic E-state index is 12.7. The molecule has 2 aromatic carbocycles. The predicted octanol–water partition coefficient (Wildman–Crippen LogP) is 16.4. The first kappa shape index (κ1) is 78.9. The van der Waals surface area contributed by atoms with Crippen LogP contribution in [0.25, 0.3) is 0 Å². The first-order valence-corrected chi connectivity index (χ1v) is 30.4. The standard InChI is InChI=1S/C20H31NO.2C11H19ClO.C11H20O2.C8H12N2.C2Cl2O2.2ClH/c1-14(2)17-10-9-15(3)13-18(17)20(22)12-11-19(21)16-7-5-4-6-8-16;3*1-7(2)9-5-4-8(3)6-10(9)11(12)13;9-6-8(10)7-4-2-1-3-5-7;3-1(5)2(4)6;;/h4-8,14-15,17-19H,9-13,21H2,1-3H3;2*7-10H,4-6H2,1-3H3;7-10H,4-6H2,1-3H3,(H,12,13);1-5,8H,6,9-10H2;;2*1H/t15-,17+,18-,19-;3*8-,9+,10-;8-;;;/m11111.../s1. The molecule has 0 bridgehead atoms. The van der Waals surface area contributed by atoms with Gasteiger partial charge >= 0.3 is 16.5 Å². The zero-order valence-corrected chi connectivity index (χ0v) is 54.4. The van der Waals surface area contributed by atoms with Crippen molar-refractivity contribution in [2.24, 2.45) is 112 Å². The molecular formula is C63H103Cl6N3O7. The first-order chi connectivity index (χ1) is 36.0. The summed E-state index contributed by atoms with van der Waals surface area (Å²) in [5, 5.41) is 6.55. The van der Waals surface area contributed by atoms with Crippen LogP contribution in [0.2, 0.25) is 0 Å². The number of carboxylic acid groups (broad SMARTS) is 1. The Hall–Kier alpha value is -2.12. The predicted molar refractivity (Wildman–Crippen MR) is 335 cm³/mol. The highest BCUT2D eigenvalue weighted by molar-refractivity contribution is 6.97. The second-order valence-corrected chi connectivity index (χ2v) is 25.9. The van der Waals surface area contributed by atoms with E-state index in [1.165, 1.54) is 44.9 Å². The summed E-state index contributed by atoms with van der Waals surface area (Å²) in [5.74, 6) is 7.13. The summed E-state index contributed by atoms with van der Waals surface area (Å²) < 4.78 is 0. The molecule has 0 radical (unpaired) electrons. The van der Waals surface area contributed by atoms with Gasteiger partial charge in [0.15, 0.2) is 0 Å². The number of aliphatic carboxylic acids is 1. The largest absolute Gasteiger partial charge is 0.481 e. The summed E-state index contributed by atoms with van der Waals surface area (Å²) in [5.41, 5.74) is 19.5. The molecule has 0 amide bonds. The third-order valence-corrected chi connectivity index (χ3v) is 18.0. The summed E-state index contributed by atoms with van der Waals surface area (Å²) in [6, 6.07) is 19.9. The molecule has 0 unspecified atom stereocenters. The molecule has 7 N–H and O–H groups in total. The minimum Gasteiger partial charge on any atom is -0.481 e. The Kier molecular flexibility index (Phi) is 41.8. The molecule has 14 atom stereocenters. The molecule has 79 heavy (non-hydrogen) atoms. The second kappa shape index (κ2) is 41.8. The molecule has 0 aliphatic heterocycles. The van der Waals surface area contributed by atoms with Crippen LogP contribution < -0.4 is 17.2 Å². The van der Waals surface area contributed by atoms with E-state index < -0.39 is 16.5 Å². The van der Waals surface area contributed by atoms with E-state index in [4.69, 9.17) is 45.5 Å². The van der Waals surface area contributed by atoms with Crippen molar-refractivity contribution in [2.45, 2.75) is 185 Å². The molecule has 6 rings (SSSR count). The van der Waals surface area contributed by atoms with Crippen LogP contribution in [0.1, 0.15) is 196 Å². The highest BCUT2D eigenvalue weighted by Crippen LogP contribution is 2.42. The van der Waals surface area contributed by atoms with Crippen LogP contribution in [-0.2, 0) is 28.8 Å². The van der Waals surface area contributed by atoms with E-state index >= 15 is 0 Å². The summed E-state index contributed by atoms with van der Waals surface area (Å²) in [7, 11) is 0. The number of benzene rings is 2. The summed E-state index contributed by atoms with van der Waals surface area (Å²) in [6.45, 7) is 26.9. The third-order valence-electron chi connectivity index (χ3n) is 17.0. The fraction of sp³-hybridized carbons (Fsp3) is 0.714. The molecule has 0 heterocycles. The van der Waals surface area contributed by atoms with Gasteiger partial charge in [-0.1, -0.05) is 169 Å². The summed E-state index contributed by atoms with van der Waals surface area (Å²) >= 11 is 20.2. The molecule has 4 aliphatic rings. The Morgan fingerprint density at radius 2 is 0.747 bits per heavy atom. The van der Waals surface area contributed by atoms with Crippen LogP contribution in [0.4, 0.5) is 0 Å². The molecule has 16 heteroatoms. The topological polar surface area (TPSA) is 201 Å². The second-order valence-electron chi connectivity index (χ2n) is 24.5. The van der Waals surface area contributed by atoms with E-state index in [1.54, 1.807) is 0 Å². The number of halogens is 6. The number of hydrogen-bond acceptors (Lipinski definition) is 9. The molecule has 10 nitrogen and oxygen atoms in total. The molecule has 2 aromatic rings.